The van der Waals surface area contributed by atoms with Crippen molar-refractivity contribution < 1.29 is 24.7 Å². The Morgan fingerprint density at radius 3 is 2.70 bits per heavy atom. The predicted octanol–water partition coefficient (Wildman–Crippen LogP) is -1.28. The maximum Gasteiger partial charge on any atom is 0.298 e. The highest BCUT2D eigenvalue weighted by Gasteiger charge is 2.64. The van der Waals surface area contributed by atoms with E-state index in [0.29, 0.717) is 37.5 Å². The van der Waals surface area contributed by atoms with E-state index in [9.17, 15) is 10.3 Å². The van der Waals surface area contributed by atoms with Crippen molar-refractivity contribution in [2.45, 2.75) is 43.9 Å². The molecule has 0 spiro atoms. The molecular formula is C13H22N3O4+. The highest BCUT2D eigenvalue weighted by molar-refractivity contribution is 6.15. The normalized spacial score (nSPS) is 41.2. The molecule has 3 aliphatic rings. The summed E-state index contributed by atoms with van der Waals surface area (Å²) in [5, 5.41) is 36.0. The molecule has 0 amide bonds. The van der Waals surface area contributed by atoms with Gasteiger partial charge in [-0.2, -0.15) is 4.74 Å². The van der Waals surface area contributed by atoms with Crippen molar-refractivity contribution in [1.29, 1.82) is 0 Å². The van der Waals surface area contributed by atoms with Gasteiger partial charge in [-0.3, -0.25) is 4.90 Å². The first kappa shape index (κ1) is 13.8. The van der Waals surface area contributed by atoms with Crippen molar-refractivity contribution in [3.63, 3.8) is 0 Å². The fourth-order valence-electron chi connectivity index (χ4n) is 3.90. The molecule has 1 aliphatic carbocycles. The number of hydrogen-bond donors (Lipinski definition) is 3. The van der Waals surface area contributed by atoms with Crippen molar-refractivity contribution in [3.05, 3.63) is 5.21 Å². The van der Waals surface area contributed by atoms with Gasteiger partial charge in [-0.05, 0) is 12.8 Å². The molecule has 7 heteroatoms. The number of oxime groups is 1. The molecule has 3 rings (SSSR count). The van der Waals surface area contributed by atoms with E-state index in [1.54, 1.807) is 0 Å². The molecule has 0 aromatic rings. The van der Waals surface area contributed by atoms with Gasteiger partial charge in [-0.25, -0.2) is 0 Å². The van der Waals surface area contributed by atoms with Crippen LogP contribution in [0, 0.1) is 5.21 Å². The maximum absolute atomic E-state index is 12.7. The number of ether oxygens (including phenoxy) is 1. The van der Waals surface area contributed by atoms with Gasteiger partial charge in [0.2, 0.25) is 5.71 Å². The SMILES string of the molecule is C[C@]1([NH+]2CCOCC2)C[C@]2(O)C(=[N+]1[O-])CCC/C2=N/O. The molecule has 20 heavy (non-hydrogen) atoms. The number of morpholine rings is 1. The van der Waals surface area contributed by atoms with Crippen LogP contribution in [0.3, 0.4) is 0 Å². The van der Waals surface area contributed by atoms with Crippen molar-refractivity contribution >= 4 is 11.4 Å². The van der Waals surface area contributed by atoms with Crippen LogP contribution in [0.2, 0.25) is 0 Å². The lowest BCUT2D eigenvalue weighted by Gasteiger charge is -2.35. The zero-order valence-electron chi connectivity index (χ0n) is 11.8. The summed E-state index contributed by atoms with van der Waals surface area (Å²) in [4.78, 5) is 1.13. The summed E-state index contributed by atoms with van der Waals surface area (Å²) < 4.78 is 6.34. The van der Waals surface area contributed by atoms with Crippen LogP contribution in [0.15, 0.2) is 5.16 Å². The summed E-state index contributed by atoms with van der Waals surface area (Å²) in [5.41, 5.74) is -1.29. The second-order valence-corrected chi connectivity index (χ2v) is 6.17. The van der Waals surface area contributed by atoms with Gasteiger partial charge in [0, 0.05) is 6.42 Å². The first-order valence-corrected chi connectivity index (χ1v) is 7.23. The van der Waals surface area contributed by atoms with Crippen LogP contribution < -0.4 is 4.90 Å². The van der Waals surface area contributed by atoms with E-state index in [4.69, 9.17) is 9.94 Å². The number of aliphatic hydroxyl groups is 1. The molecule has 1 saturated carbocycles. The Morgan fingerprint density at radius 2 is 2.05 bits per heavy atom. The average molecular weight is 284 g/mol. The van der Waals surface area contributed by atoms with Crippen molar-refractivity contribution in [3.8, 4) is 0 Å². The van der Waals surface area contributed by atoms with E-state index in [0.717, 1.165) is 29.1 Å². The van der Waals surface area contributed by atoms with Gasteiger partial charge in [0.15, 0.2) is 5.60 Å². The minimum absolute atomic E-state index is 0.285. The van der Waals surface area contributed by atoms with Crippen LogP contribution in [0.25, 0.3) is 0 Å². The highest BCUT2D eigenvalue weighted by atomic mass is 16.5. The topological polar surface area (TPSA) is 92.6 Å². The van der Waals surface area contributed by atoms with Crippen LogP contribution in [-0.2, 0) is 4.74 Å². The van der Waals surface area contributed by atoms with Crippen molar-refractivity contribution in [2.24, 2.45) is 5.16 Å². The predicted molar refractivity (Wildman–Crippen MR) is 71.2 cm³/mol. The Balaban J connectivity index is 1.98. The Labute approximate surface area is 117 Å². The molecule has 1 saturated heterocycles. The smallest absolute Gasteiger partial charge is 0.298 e. The largest absolute Gasteiger partial charge is 0.619 e. The average Bonchev–Trinajstić information content (AvgIpc) is 2.68. The van der Waals surface area contributed by atoms with Gasteiger partial charge in [0.05, 0.1) is 25.8 Å². The molecule has 2 aliphatic heterocycles. The van der Waals surface area contributed by atoms with E-state index in [1.165, 1.54) is 0 Å². The zero-order chi connectivity index (χ0) is 14.4. The molecule has 0 aromatic heterocycles. The number of quaternary nitrogens is 1. The lowest BCUT2D eigenvalue weighted by molar-refractivity contribution is -1.04. The fourth-order valence-corrected chi connectivity index (χ4v) is 3.90. The lowest BCUT2D eigenvalue weighted by Crippen LogP contribution is -3.22. The number of hydroxylamine groups is 1. The molecule has 2 heterocycles. The van der Waals surface area contributed by atoms with E-state index in [-0.39, 0.29) is 6.42 Å². The van der Waals surface area contributed by atoms with Crippen molar-refractivity contribution in [2.75, 3.05) is 26.3 Å². The van der Waals surface area contributed by atoms with Gasteiger partial charge in [-0.15, -0.1) is 0 Å². The van der Waals surface area contributed by atoms with Gasteiger partial charge in [0.25, 0.3) is 5.66 Å². The highest BCUT2D eigenvalue weighted by Crippen LogP contribution is 2.36. The van der Waals surface area contributed by atoms with E-state index < -0.39 is 11.3 Å². The second-order valence-electron chi connectivity index (χ2n) is 6.17. The van der Waals surface area contributed by atoms with Crippen LogP contribution in [0.1, 0.15) is 32.6 Å². The summed E-state index contributed by atoms with van der Waals surface area (Å²) >= 11 is 0. The molecule has 7 nitrogen and oxygen atoms in total. The number of fused-ring (bicyclic) bond motifs is 1. The second kappa shape index (κ2) is 4.68. The lowest BCUT2D eigenvalue weighted by atomic mass is 9.78. The van der Waals surface area contributed by atoms with Crippen LogP contribution in [0.4, 0.5) is 0 Å². The standard InChI is InChI=1S/C13H21N3O4/c1-12(15-5-7-20-8-6-15)9-13(17)10(14-18)3-2-4-11(13)16(12)19/h17-18H,2-9H2,1H3/p+1/b14-10-/t12-,13-/m1/s1. The Hall–Kier alpha value is -1.18. The van der Waals surface area contributed by atoms with Crippen molar-refractivity contribution in [1.82, 2.24) is 0 Å². The quantitative estimate of drug-likeness (QED) is 0.242. The molecule has 2 atom stereocenters. The molecule has 0 aromatic carbocycles. The molecule has 2 fully saturated rings. The molecular weight excluding hydrogens is 262 g/mol. The van der Waals surface area contributed by atoms with Crippen LogP contribution in [-0.4, -0.2) is 64.0 Å². The van der Waals surface area contributed by atoms with Gasteiger partial charge >= 0.3 is 0 Å². The Morgan fingerprint density at radius 1 is 1.35 bits per heavy atom. The van der Waals surface area contributed by atoms with E-state index >= 15 is 0 Å². The molecule has 0 radical (unpaired) electrons. The summed E-state index contributed by atoms with van der Waals surface area (Å²) in [6.45, 7) is 4.66. The summed E-state index contributed by atoms with van der Waals surface area (Å²) in [5.74, 6) is 0. The first-order valence-electron chi connectivity index (χ1n) is 7.23. The third-order valence-electron chi connectivity index (χ3n) is 5.05. The first-order chi connectivity index (χ1) is 9.52. The van der Waals surface area contributed by atoms with E-state index in [1.807, 2.05) is 6.92 Å². The van der Waals surface area contributed by atoms with Gasteiger partial charge in [-0.1, -0.05) is 5.16 Å². The summed E-state index contributed by atoms with van der Waals surface area (Å²) in [7, 11) is 0. The third-order valence-corrected chi connectivity index (χ3v) is 5.05. The molecule has 112 valence electrons. The number of rotatable bonds is 1. The van der Waals surface area contributed by atoms with E-state index in [2.05, 4.69) is 5.16 Å². The van der Waals surface area contributed by atoms with Gasteiger partial charge in [0.1, 0.15) is 19.5 Å². The number of hydrogen-bond acceptors (Lipinski definition) is 5. The number of nitrogens with one attached hydrogen (secondary N) is 1. The van der Waals surface area contributed by atoms with Crippen LogP contribution in [0.5, 0.6) is 0 Å². The maximum atomic E-state index is 12.7. The molecule has 0 unspecified atom stereocenters. The summed E-state index contributed by atoms with van der Waals surface area (Å²) in [6, 6.07) is 0. The Bertz CT molecular complexity index is 472. The molecule has 0 bridgehead atoms. The molecule has 3 N–H and O–H groups in total. The summed E-state index contributed by atoms with van der Waals surface area (Å²) in [6.07, 6.45) is 2.13. The minimum Gasteiger partial charge on any atom is -0.619 e. The monoisotopic (exact) mass is 284 g/mol. The van der Waals surface area contributed by atoms with Gasteiger partial charge < -0.3 is 20.3 Å². The number of nitrogens with zero attached hydrogens (tertiary/aromatic N) is 2. The zero-order valence-corrected chi connectivity index (χ0v) is 11.8. The minimum atomic E-state index is -1.37. The van der Waals surface area contributed by atoms with Crippen LogP contribution >= 0.6 is 0 Å². The fraction of sp³-hybridized carbons (Fsp3) is 0.846. The Kier molecular flexibility index (Phi) is 3.23. The third kappa shape index (κ3) is 1.77.